The molecule has 7 heteroatoms. The van der Waals surface area contributed by atoms with E-state index < -0.39 is 6.04 Å². The molecule has 2 aromatic rings. The Morgan fingerprint density at radius 2 is 1.77 bits per heavy atom. The Bertz CT molecular complexity index is 735. The molecule has 0 saturated heterocycles. The van der Waals surface area contributed by atoms with E-state index in [1.165, 1.54) is 0 Å². The van der Waals surface area contributed by atoms with Crippen molar-refractivity contribution in [3.8, 4) is 5.75 Å². The maximum atomic E-state index is 12.6. The van der Waals surface area contributed by atoms with Gasteiger partial charge in [-0.3, -0.25) is 9.59 Å². The highest BCUT2D eigenvalue weighted by Gasteiger charge is 2.21. The fourth-order valence-corrected chi connectivity index (χ4v) is 2.85. The summed E-state index contributed by atoms with van der Waals surface area (Å²) in [5.41, 5.74) is 1.10. The van der Waals surface area contributed by atoms with E-state index in [0.29, 0.717) is 28.4 Å². The molecule has 0 aromatic heterocycles. The average molecular weight is 393 g/mol. The number of amides is 2. The number of anilines is 1. The van der Waals surface area contributed by atoms with Crippen molar-refractivity contribution in [1.29, 1.82) is 0 Å². The van der Waals surface area contributed by atoms with Crippen molar-refractivity contribution >= 4 is 40.9 Å². The van der Waals surface area contributed by atoms with Crippen molar-refractivity contribution in [2.24, 2.45) is 0 Å². The second-order valence-electron chi connectivity index (χ2n) is 5.53. The van der Waals surface area contributed by atoms with E-state index in [0.717, 1.165) is 5.75 Å². The molecule has 5 nitrogen and oxygen atoms in total. The molecule has 0 aliphatic heterocycles. The first-order chi connectivity index (χ1) is 12.5. The van der Waals surface area contributed by atoms with Crippen molar-refractivity contribution in [1.82, 2.24) is 5.32 Å². The van der Waals surface area contributed by atoms with Crippen molar-refractivity contribution in [2.45, 2.75) is 12.5 Å². The number of thioether (sulfide) groups is 1. The lowest BCUT2D eigenvalue weighted by Gasteiger charge is -2.18. The van der Waals surface area contributed by atoms with Crippen molar-refractivity contribution in [3.05, 3.63) is 59.1 Å². The lowest BCUT2D eigenvalue weighted by atomic mass is 10.1. The smallest absolute Gasteiger partial charge is 0.251 e. The normalized spacial score (nSPS) is 11.5. The van der Waals surface area contributed by atoms with E-state index in [9.17, 15) is 9.59 Å². The summed E-state index contributed by atoms with van der Waals surface area (Å²) in [4.78, 5) is 25.0. The molecule has 2 rings (SSSR count). The third-order valence-electron chi connectivity index (χ3n) is 3.70. The Labute approximate surface area is 162 Å². The Balaban J connectivity index is 2.05. The van der Waals surface area contributed by atoms with Gasteiger partial charge in [0.2, 0.25) is 5.91 Å². The van der Waals surface area contributed by atoms with Gasteiger partial charge >= 0.3 is 0 Å². The summed E-state index contributed by atoms with van der Waals surface area (Å²) in [5, 5.41) is 6.21. The molecule has 2 aromatic carbocycles. The van der Waals surface area contributed by atoms with Crippen LogP contribution in [0.25, 0.3) is 0 Å². The molecule has 0 aliphatic rings. The summed E-state index contributed by atoms with van der Waals surface area (Å²) in [6.45, 7) is 0. The predicted molar refractivity (Wildman–Crippen MR) is 107 cm³/mol. The number of hydrogen-bond acceptors (Lipinski definition) is 4. The second-order valence-corrected chi connectivity index (χ2v) is 6.95. The number of halogens is 1. The Kier molecular flexibility index (Phi) is 7.81. The average Bonchev–Trinajstić information content (AvgIpc) is 2.66. The van der Waals surface area contributed by atoms with Crippen LogP contribution in [0.1, 0.15) is 16.8 Å². The van der Waals surface area contributed by atoms with Gasteiger partial charge < -0.3 is 15.4 Å². The molecule has 0 spiro atoms. The van der Waals surface area contributed by atoms with Crippen LogP contribution in [0.3, 0.4) is 0 Å². The van der Waals surface area contributed by atoms with Crippen molar-refractivity contribution in [3.63, 3.8) is 0 Å². The molecule has 26 heavy (non-hydrogen) atoms. The van der Waals surface area contributed by atoms with Crippen LogP contribution in [0.4, 0.5) is 5.69 Å². The number of nitrogens with one attached hydrogen (secondary N) is 2. The van der Waals surface area contributed by atoms with E-state index in [2.05, 4.69) is 10.6 Å². The SMILES string of the molecule is COc1ccc(C(=O)N[C@@H](CCSC)C(=O)Nc2ccc(Cl)cc2)cc1. The molecule has 2 N–H and O–H groups in total. The van der Waals surface area contributed by atoms with Gasteiger partial charge in [0.15, 0.2) is 0 Å². The quantitative estimate of drug-likeness (QED) is 0.716. The molecule has 0 fully saturated rings. The van der Waals surface area contributed by atoms with Gasteiger partial charge in [0.1, 0.15) is 11.8 Å². The number of rotatable bonds is 8. The van der Waals surface area contributed by atoms with Crippen LogP contribution in [0.5, 0.6) is 5.75 Å². The van der Waals surface area contributed by atoms with E-state index in [1.807, 2.05) is 6.26 Å². The molecule has 138 valence electrons. The van der Waals surface area contributed by atoms with Crippen molar-refractivity contribution in [2.75, 3.05) is 24.4 Å². The largest absolute Gasteiger partial charge is 0.497 e. The van der Waals surface area contributed by atoms with Crippen LogP contribution in [0.15, 0.2) is 48.5 Å². The van der Waals surface area contributed by atoms with Gasteiger partial charge in [-0.25, -0.2) is 0 Å². The first-order valence-corrected chi connectivity index (χ1v) is 9.81. The van der Waals surface area contributed by atoms with Crippen LogP contribution in [0.2, 0.25) is 5.02 Å². The molecule has 2 amide bonds. The Morgan fingerprint density at radius 1 is 1.12 bits per heavy atom. The van der Waals surface area contributed by atoms with Crippen molar-refractivity contribution < 1.29 is 14.3 Å². The van der Waals surface area contributed by atoms with Gasteiger partial charge in [0, 0.05) is 16.3 Å². The summed E-state index contributed by atoms with van der Waals surface area (Å²) >= 11 is 7.47. The van der Waals surface area contributed by atoms with E-state index in [1.54, 1.807) is 67.4 Å². The molecule has 0 saturated carbocycles. The van der Waals surface area contributed by atoms with E-state index >= 15 is 0 Å². The summed E-state index contributed by atoms with van der Waals surface area (Å²) in [5.74, 6) is 0.857. The van der Waals surface area contributed by atoms with Gasteiger partial charge in [0.25, 0.3) is 5.91 Å². The lowest BCUT2D eigenvalue weighted by molar-refractivity contribution is -0.118. The molecule has 0 radical (unpaired) electrons. The standard InChI is InChI=1S/C19H21ClN2O3S/c1-25-16-9-3-13(4-10-16)18(23)22-17(11-12-26-2)19(24)21-15-7-5-14(20)6-8-15/h3-10,17H,11-12H2,1-2H3,(H,21,24)(H,22,23)/t17-/m0/s1. The van der Waals surface area contributed by atoms with Gasteiger partial charge in [-0.2, -0.15) is 11.8 Å². The Hall–Kier alpha value is -2.18. The molecule has 0 aliphatic carbocycles. The highest BCUT2D eigenvalue weighted by Crippen LogP contribution is 2.15. The van der Waals surface area contributed by atoms with Crippen LogP contribution in [-0.4, -0.2) is 37.0 Å². The van der Waals surface area contributed by atoms with Crippen LogP contribution >= 0.6 is 23.4 Å². The van der Waals surface area contributed by atoms with Gasteiger partial charge in [-0.1, -0.05) is 11.6 Å². The first-order valence-electron chi connectivity index (χ1n) is 8.03. The number of ether oxygens (including phenoxy) is 1. The Morgan fingerprint density at radius 3 is 2.35 bits per heavy atom. The lowest BCUT2D eigenvalue weighted by Crippen LogP contribution is -2.44. The minimum Gasteiger partial charge on any atom is -0.497 e. The number of hydrogen-bond donors (Lipinski definition) is 2. The highest BCUT2D eigenvalue weighted by atomic mass is 35.5. The zero-order valence-corrected chi connectivity index (χ0v) is 16.2. The molecular weight excluding hydrogens is 372 g/mol. The summed E-state index contributed by atoms with van der Waals surface area (Å²) in [6, 6.07) is 12.9. The predicted octanol–water partition coefficient (Wildman–Crippen LogP) is 3.84. The maximum absolute atomic E-state index is 12.6. The van der Waals surface area contributed by atoms with Gasteiger partial charge in [0.05, 0.1) is 7.11 Å². The third-order valence-corrected chi connectivity index (χ3v) is 4.59. The fourth-order valence-electron chi connectivity index (χ4n) is 2.25. The first kappa shape index (κ1) is 20.1. The summed E-state index contributed by atoms with van der Waals surface area (Å²) in [7, 11) is 1.56. The van der Waals surface area contributed by atoms with E-state index in [-0.39, 0.29) is 11.8 Å². The zero-order chi connectivity index (χ0) is 18.9. The molecule has 0 unspecified atom stereocenters. The van der Waals surface area contributed by atoms with Crippen LogP contribution in [0, 0.1) is 0 Å². The number of carbonyl (C=O) groups excluding carboxylic acids is 2. The third kappa shape index (κ3) is 5.97. The topological polar surface area (TPSA) is 67.4 Å². The number of benzene rings is 2. The van der Waals surface area contributed by atoms with Crippen LogP contribution < -0.4 is 15.4 Å². The minimum absolute atomic E-state index is 0.261. The van der Waals surface area contributed by atoms with Gasteiger partial charge in [-0.05, 0) is 67.0 Å². The summed E-state index contributed by atoms with van der Waals surface area (Å²) in [6.07, 6.45) is 2.49. The summed E-state index contributed by atoms with van der Waals surface area (Å²) < 4.78 is 5.09. The molecular formula is C19H21ClN2O3S. The number of methoxy groups -OCH3 is 1. The highest BCUT2D eigenvalue weighted by molar-refractivity contribution is 7.98. The molecule has 0 heterocycles. The number of carbonyl (C=O) groups is 2. The second kappa shape index (κ2) is 10.1. The van der Waals surface area contributed by atoms with Crippen LogP contribution in [-0.2, 0) is 4.79 Å². The molecule has 0 bridgehead atoms. The van der Waals surface area contributed by atoms with Gasteiger partial charge in [-0.15, -0.1) is 0 Å². The van der Waals surface area contributed by atoms with E-state index in [4.69, 9.17) is 16.3 Å². The minimum atomic E-state index is -0.632. The monoisotopic (exact) mass is 392 g/mol. The fraction of sp³-hybridized carbons (Fsp3) is 0.263. The molecule has 1 atom stereocenters. The zero-order valence-electron chi connectivity index (χ0n) is 14.6. The maximum Gasteiger partial charge on any atom is 0.251 e.